The van der Waals surface area contributed by atoms with E-state index in [0.717, 1.165) is 38.8 Å². The van der Waals surface area contributed by atoms with Crippen molar-refractivity contribution in [1.29, 1.82) is 0 Å². The summed E-state index contributed by atoms with van der Waals surface area (Å²) >= 11 is 0. The van der Waals surface area contributed by atoms with Gasteiger partial charge >= 0.3 is 0 Å². The van der Waals surface area contributed by atoms with Gasteiger partial charge in [-0.25, -0.2) is 0 Å². The number of hydrogen-bond acceptors (Lipinski definition) is 4. The van der Waals surface area contributed by atoms with Gasteiger partial charge < -0.3 is 9.80 Å². The fourth-order valence-electron chi connectivity index (χ4n) is 4.74. The summed E-state index contributed by atoms with van der Waals surface area (Å²) in [6.45, 7) is 4.78. The third-order valence-electron chi connectivity index (χ3n) is 6.31. The van der Waals surface area contributed by atoms with Gasteiger partial charge in [0.1, 0.15) is 6.54 Å². The lowest BCUT2D eigenvalue weighted by atomic mass is 9.81. The Morgan fingerprint density at radius 3 is 2.15 bits per heavy atom. The van der Waals surface area contributed by atoms with Crippen molar-refractivity contribution in [3.8, 4) is 0 Å². The molecule has 2 atom stereocenters. The van der Waals surface area contributed by atoms with Crippen LogP contribution in [0, 0.1) is 18.8 Å². The minimum Gasteiger partial charge on any atom is -0.368 e. The summed E-state index contributed by atoms with van der Waals surface area (Å²) in [6, 6.07) is 8.26. The molecule has 3 fully saturated rings. The molecule has 1 aliphatic carbocycles. The van der Waals surface area contributed by atoms with Crippen molar-refractivity contribution in [2.24, 2.45) is 11.8 Å². The van der Waals surface area contributed by atoms with Crippen molar-refractivity contribution in [2.45, 2.75) is 32.6 Å². The number of carbonyl (C=O) groups is 3. The van der Waals surface area contributed by atoms with Gasteiger partial charge in [-0.3, -0.25) is 19.3 Å². The number of aryl methyl sites for hydroxylation is 1. The predicted molar refractivity (Wildman–Crippen MR) is 102 cm³/mol. The number of piperazine rings is 1. The molecule has 2 aliphatic heterocycles. The van der Waals surface area contributed by atoms with Crippen LogP contribution in [0.4, 0.5) is 5.69 Å². The first-order chi connectivity index (χ1) is 13.1. The van der Waals surface area contributed by atoms with Crippen LogP contribution in [0.3, 0.4) is 0 Å². The molecule has 6 nitrogen and oxygen atoms in total. The standard InChI is InChI=1S/C21H27N3O3/c1-15-6-2-5-9-18(15)22-10-12-23(13-11-22)19(25)14-24-20(26)16-7-3-4-8-17(16)21(24)27/h2,5-6,9,16-17H,3-4,7-8,10-14H2,1H3/t16-,17-/m0/s1. The second-order valence-electron chi connectivity index (χ2n) is 7.91. The van der Waals surface area contributed by atoms with E-state index in [1.807, 2.05) is 12.1 Å². The predicted octanol–water partition coefficient (Wildman–Crippen LogP) is 1.82. The molecule has 0 spiro atoms. The average molecular weight is 369 g/mol. The highest BCUT2D eigenvalue weighted by molar-refractivity contribution is 6.07. The van der Waals surface area contributed by atoms with Crippen LogP contribution in [0.2, 0.25) is 0 Å². The van der Waals surface area contributed by atoms with Gasteiger partial charge in [0.25, 0.3) is 0 Å². The Morgan fingerprint density at radius 1 is 0.963 bits per heavy atom. The maximum Gasteiger partial charge on any atom is 0.242 e. The van der Waals surface area contributed by atoms with Crippen molar-refractivity contribution in [3.05, 3.63) is 29.8 Å². The summed E-state index contributed by atoms with van der Waals surface area (Å²) in [5.74, 6) is -0.734. The van der Waals surface area contributed by atoms with E-state index in [-0.39, 0.29) is 36.1 Å². The Kier molecular flexibility index (Phi) is 4.89. The zero-order valence-electron chi connectivity index (χ0n) is 15.9. The molecule has 3 aliphatic rings. The van der Waals surface area contributed by atoms with Crippen LogP contribution >= 0.6 is 0 Å². The van der Waals surface area contributed by atoms with E-state index in [1.54, 1.807) is 4.90 Å². The smallest absolute Gasteiger partial charge is 0.242 e. The van der Waals surface area contributed by atoms with E-state index in [4.69, 9.17) is 0 Å². The van der Waals surface area contributed by atoms with Crippen molar-refractivity contribution < 1.29 is 14.4 Å². The van der Waals surface area contributed by atoms with Crippen LogP contribution in [-0.2, 0) is 14.4 Å². The Bertz CT molecular complexity index is 731. The largest absolute Gasteiger partial charge is 0.368 e. The normalized spacial score (nSPS) is 25.7. The lowest BCUT2D eigenvalue weighted by Crippen LogP contribution is -2.52. The number of para-hydroxylation sites is 1. The van der Waals surface area contributed by atoms with Gasteiger partial charge in [0, 0.05) is 31.9 Å². The maximum absolute atomic E-state index is 12.7. The van der Waals surface area contributed by atoms with Crippen LogP contribution in [0.1, 0.15) is 31.2 Å². The third kappa shape index (κ3) is 3.33. The Balaban J connectivity index is 1.35. The molecule has 6 heteroatoms. The number of benzene rings is 1. The monoisotopic (exact) mass is 369 g/mol. The van der Waals surface area contributed by atoms with E-state index in [9.17, 15) is 14.4 Å². The zero-order chi connectivity index (χ0) is 19.0. The fourth-order valence-corrected chi connectivity index (χ4v) is 4.74. The van der Waals surface area contributed by atoms with Gasteiger partial charge in [-0.2, -0.15) is 0 Å². The quantitative estimate of drug-likeness (QED) is 0.763. The van der Waals surface area contributed by atoms with Gasteiger partial charge in [-0.05, 0) is 31.4 Å². The number of imide groups is 1. The van der Waals surface area contributed by atoms with Crippen molar-refractivity contribution >= 4 is 23.4 Å². The SMILES string of the molecule is Cc1ccccc1N1CCN(C(=O)CN2C(=O)[C@H]3CCCC[C@@H]3C2=O)CC1. The number of anilines is 1. The molecule has 0 bridgehead atoms. The summed E-state index contributed by atoms with van der Waals surface area (Å²) in [5, 5.41) is 0. The number of hydrogen-bond donors (Lipinski definition) is 0. The number of nitrogens with zero attached hydrogens (tertiary/aromatic N) is 3. The first kappa shape index (κ1) is 18.0. The second kappa shape index (κ2) is 7.33. The van der Waals surface area contributed by atoms with Gasteiger partial charge in [-0.15, -0.1) is 0 Å². The number of carbonyl (C=O) groups excluding carboxylic acids is 3. The highest BCUT2D eigenvalue weighted by Crippen LogP contribution is 2.37. The molecule has 2 saturated heterocycles. The minimum absolute atomic E-state index is 0.0883. The Labute approximate surface area is 160 Å². The molecule has 1 saturated carbocycles. The van der Waals surface area contributed by atoms with E-state index in [0.29, 0.717) is 13.1 Å². The molecule has 1 aromatic carbocycles. The average Bonchev–Trinajstić information content (AvgIpc) is 2.94. The van der Waals surface area contributed by atoms with Gasteiger partial charge in [0.15, 0.2) is 0 Å². The van der Waals surface area contributed by atoms with Gasteiger partial charge in [-0.1, -0.05) is 31.0 Å². The van der Waals surface area contributed by atoms with Crippen molar-refractivity contribution in [2.75, 3.05) is 37.6 Å². The summed E-state index contributed by atoms with van der Waals surface area (Å²) in [4.78, 5) is 43.2. The summed E-state index contributed by atoms with van der Waals surface area (Å²) in [7, 11) is 0. The zero-order valence-corrected chi connectivity index (χ0v) is 15.9. The summed E-state index contributed by atoms with van der Waals surface area (Å²) in [6.07, 6.45) is 3.58. The number of likely N-dealkylation sites (tertiary alicyclic amines) is 1. The molecule has 0 aromatic heterocycles. The molecule has 3 amide bonds. The highest BCUT2D eigenvalue weighted by Gasteiger charge is 2.48. The van der Waals surface area contributed by atoms with Crippen molar-refractivity contribution in [3.63, 3.8) is 0 Å². The third-order valence-corrected chi connectivity index (χ3v) is 6.31. The summed E-state index contributed by atoms with van der Waals surface area (Å²) in [5.41, 5.74) is 2.44. The van der Waals surface area contributed by atoms with E-state index < -0.39 is 0 Å². The van der Waals surface area contributed by atoms with E-state index in [1.165, 1.54) is 16.2 Å². The molecule has 144 valence electrons. The Hall–Kier alpha value is -2.37. The number of fused-ring (bicyclic) bond motifs is 1. The maximum atomic E-state index is 12.7. The van der Waals surface area contributed by atoms with Crippen LogP contribution in [0.15, 0.2) is 24.3 Å². The van der Waals surface area contributed by atoms with E-state index >= 15 is 0 Å². The van der Waals surface area contributed by atoms with E-state index in [2.05, 4.69) is 24.0 Å². The molecule has 2 heterocycles. The first-order valence-corrected chi connectivity index (χ1v) is 10.00. The van der Waals surface area contributed by atoms with Gasteiger partial charge in [0.05, 0.1) is 11.8 Å². The molecule has 0 unspecified atom stereocenters. The van der Waals surface area contributed by atoms with Crippen LogP contribution in [0.25, 0.3) is 0 Å². The summed E-state index contributed by atoms with van der Waals surface area (Å²) < 4.78 is 0. The van der Waals surface area contributed by atoms with Crippen molar-refractivity contribution in [1.82, 2.24) is 9.80 Å². The number of amides is 3. The minimum atomic E-state index is -0.183. The van der Waals surface area contributed by atoms with Crippen LogP contribution < -0.4 is 4.90 Å². The van der Waals surface area contributed by atoms with Gasteiger partial charge in [0.2, 0.25) is 17.7 Å². The fraction of sp³-hybridized carbons (Fsp3) is 0.571. The molecule has 0 N–H and O–H groups in total. The molecular formula is C21H27N3O3. The first-order valence-electron chi connectivity index (χ1n) is 10.00. The second-order valence-corrected chi connectivity index (χ2v) is 7.91. The molecular weight excluding hydrogens is 342 g/mol. The highest BCUT2D eigenvalue weighted by atomic mass is 16.2. The lowest BCUT2D eigenvalue weighted by molar-refractivity contribution is -0.146. The van der Waals surface area contributed by atoms with Crippen LogP contribution in [0.5, 0.6) is 0 Å². The topological polar surface area (TPSA) is 60.9 Å². The van der Waals surface area contributed by atoms with Crippen LogP contribution in [-0.4, -0.2) is 60.2 Å². The molecule has 1 aromatic rings. The molecule has 4 rings (SSSR count). The Morgan fingerprint density at radius 2 is 1.56 bits per heavy atom. The number of rotatable bonds is 3. The molecule has 27 heavy (non-hydrogen) atoms. The molecule has 0 radical (unpaired) electrons. The lowest BCUT2D eigenvalue weighted by Gasteiger charge is -2.37.